The summed E-state index contributed by atoms with van der Waals surface area (Å²) in [6.45, 7) is 10.7. The number of ether oxygens (including phenoxy) is 1. The standard InChI is InChI=1S/C26H33N7O2/c1-4-22-28-19(2)24-26(34)32(21-6-7-23(35-3)29-25(21)33(22)24)13-5-12-30-14-16-31(17-15-30)18-20-8-10-27-11-9-20/h6-11H,4-5,12-18H2,1-3H3. The smallest absolute Gasteiger partial charge is 0.277 e. The Bertz CT molecular complexity index is 1370. The van der Waals surface area contributed by atoms with Gasteiger partial charge < -0.3 is 14.2 Å². The Hall–Kier alpha value is -3.30. The van der Waals surface area contributed by atoms with Gasteiger partial charge in [0.25, 0.3) is 5.56 Å². The van der Waals surface area contributed by atoms with Crippen molar-refractivity contribution in [1.29, 1.82) is 0 Å². The first-order chi connectivity index (χ1) is 17.1. The summed E-state index contributed by atoms with van der Waals surface area (Å²) in [5.74, 6) is 1.37. The van der Waals surface area contributed by atoms with E-state index in [9.17, 15) is 4.79 Å². The van der Waals surface area contributed by atoms with E-state index in [-0.39, 0.29) is 5.56 Å². The predicted octanol–water partition coefficient (Wildman–Crippen LogP) is 2.53. The molecule has 0 spiro atoms. The third-order valence-corrected chi connectivity index (χ3v) is 6.90. The number of nitrogens with zero attached hydrogens (tertiary/aromatic N) is 7. The number of pyridine rings is 2. The molecule has 1 fully saturated rings. The average Bonchev–Trinajstić information content (AvgIpc) is 3.24. The van der Waals surface area contributed by atoms with Gasteiger partial charge in [0.15, 0.2) is 5.65 Å². The number of aromatic nitrogens is 5. The molecule has 9 heteroatoms. The van der Waals surface area contributed by atoms with Crippen LogP contribution in [-0.2, 0) is 19.5 Å². The quantitative estimate of drug-likeness (QED) is 0.387. The van der Waals surface area contributed by atoms with E-state index in [1.165, 1.54) is 5.56 Å². The second-order valence-corrected chi connectivity index (χ2v) is 9.13. The Morgan fingerprint density at radius 2 is 1.71 bits per heavy atom. The molecular weight excluding hydrogens is 442 g/mol. The molecule has 0 aliphatic carbocycles. The second-order valence-electron chi connectivity index (χ2n) is 9.13. The summed E-state index contributed by atoms with van der Waals surface area (Å²) >= 11 is 0. The maximum Gasteiger partial charge on any atom is 0.277 e. The largest absolute Gasteiger partial charge is 0.481 e. The number of hydrogen-bond acceptors (Lipinski definition) is 7. The first-order valence-corrected chi connectivity index (χ1v) is 12.4. The fraction of sp³-hybridized carbons (Fsp3) is 0.462. The molecule has 0 unspecified atom stereocenters. The van der Waals surface area contributed by atoms with E-state index < -0.39 is 0 Å². The molecule has 4 aromatic heterocycles. The van der Waals surface area contributed by atoms with Gasteiger partial charge in [-0.05, 0) is 43.7 Å². The van der Waals surface area contributed by atoms with Crippen molar-refractivity contribution >= 4 is 16.7 Å². The third kappa shape index (κ3) is 4.66. The second kappa shape index (κ2) is 10.1. The molecule has 5 rings (SSSR count). The first-order valence-electron chi connectivity index (χ1n) is 12.4. The highest BCUT2D eigenvalue weighted by molar-refractivity contribution is 5.77. The zero-order valence-electron chi connectivity index (χ0n) is 20.8. The van der Waals surface area contributed by atoms with E-state index in [1.54, 1.807) is 7.11 Å². The van der Waals surface area contributed by atoms with E-state index >= 15 is 0 Å². The van der Waals surface area contributed by atoms with Crippen LogP contribution in [0.1, 0.15) is 30.4 Å². The average molecular weight is 476 g/mol. The van der Waals surface area contributed by atoms with E-state index in [2.05, 4.69) is 31.9 Å². The number of fused-ring (bicyclic) bond motifs is 3. The van der Waals surface area contributed by atoms with Gasteiger partial charge in [-0.3, -0.25) is 19.1 Å². The molecule has 0 aromatic carbocycles. The molecule has 35 heavy (non-hydrogen) atoms. The Morgan fingerprint density at radius 3 is 2.43 bits per heavy atom. The predicted molar refractivity (Wildman–Crippen MR) is 136 cm³/mol. The van der Waals surface area contributed by atoms with Crippen molar-refractivity contribution in [2.45, 2.75) is 39.8 Å². The van der Waals surface area contributed by atoms with Gasteiger partial charge in [-0.2, -0.15) is 4.98 Å². The molecule has 0 N–H and O–H groups in total. The lowest BCUT2D eigenvalue weighted by Crippen LogP contribution is -2.46. The van der Waals surface area contributed by atoms with Crippen molar-refractivity contribution in [2.75, 3.05) is 39.8 Å². The fourth-order valence-corrected chi connectivity index (χ4v) is 5.04. The van der Waals surface area contributed by atoms with Gasteiger partial charge in [-0.1, -0.05) is 6.92 Å². The van der Waals surface area contributed by atoms with Crippen LogP contribution < -0.4 is 10.3 Å². The molecule has 184 valence electrons. The van der Waals surface area contributed by atoms with Gasteiger partial charge in [0.1, 0.15) is 11.3 Å². The van der Waals surface area contributed by atoms with Gasteiger partial charge in [-0.15, -0.1) is 0 Å². The van der Waals surface area contributed by atoms with Crippen molar-refractivity contribution in [1.82, 2.24) is 33.7 Å². The normalized spacial score (nSPS) is 15.3. The van der Waals surface area contributed by atoms with E-state index in [0.717, 1.165) is 74.8 Å². The molecule has 1 aliphatic heterocycles. The molecule has 0 saturated carbocycles. The van der Waals surface area contributed by atoms with E-state index in [4.69, 9.17) is 9.72 Å². The molecule has 1 saturated heterocycles. The highest BCUT2D eigenvalue weighted by atomic mass is 16.5. The summed E-state index contributed by atoms with van der Waals surface area (Å²) in [7, 11) is 1.61. The summed E-state index contributed by atoms with van der Waals surface area (Å²) in [6.07, 6.45) is 5.33. The molecule has 9 nitrogen and oxygen atoms in total. The third-order valence-electron chi connectivity index (χ3n) is 6.90. The lowest BCUT2D eigenvalue weighted by Gasteiger charge is -2.34. The lowest BCUT2D eigenvalue weighted by molar-refractivity contribution is 0.125. The Balaban J connectivity index is 1.31. The number of hydrogen-bond donors (Lipinski definition) is 0. The van der Waals surface area contributed by atoms with Crippen LogP contribution >= 0.6 is 0 Å². The van der Waals surface area contributed by atoms with Crippen LogP contribution in [0.4, 0.5) is 0 Å². The van der Waals surface area contributed by atoms with Crippen LogP contribution in [0.3, 0.4) is 0 Å². The van der Waals surface area contributed by atoms with Crippen molar-refractivity contribution in [3.05, 3.63) is 64.1 Å². The molecule has 4 aromatic rings. The Morgan fingerprint density at radius 1 is 0.971 bits per heavy atom. The van der Waals surface area contributed by atoms with Crippen molar-refractivity contribution < 1.29 is 4.74 Å². The number of aryl methyl sites for hydroxylation is 3. The maximum atomic E-state index is 13.6. The van der Waals surface area contributed by atoms with Gasteiger partial charge >= 0.3 is 0 Å². The summed E-state index contributed by atoms with van der Waals surface area (Å²) in [6, 6.07) is 7.93. The van der Waals surface area contributed by atoms with Gasteiger partial charge in [-0.25, -0.2) is 4.98 Å². The van der Waals surface area contributed by atoms with Gasteiger partial charge in [0.2, 0.25) is 5.88 Å². The molecule has 5 heterocycles. The van der Waals surface area contributed by atoms with Crippen LogP contribution in [0.2, 0.25) is 0 Å². The Labute approximate surface area is 205 Å². The lowest BCUT2D eigenvalue weighted by atomic mass is 10.2. The fourth-order valence-electron chi connectivity index (χ4n) is 5.04. The van der Waals surface area contributed by atoms with Crippen molar-refractivity contribution in [2.24, 2.45) is 0 Å². The molecular formula is C26H33N7O2. The van der Waals surface area contributed by atoms with Crippen LogP contribution in [-0.4, -0.2) is 73.6 Å². The van der Waals surface area contributed by atoms with E-state index in [0.29, 0.717) is 17.9 Å². The number of piperazine rings is 1. The zero-order valence-corrected chi connectivity index (χ0v) is 20.8. The number of methoxy groups -OCH3 is 1. The molecule has 0 radical (unpaired) electrons. The van der Waals surface area contributed by atoms with Gasteiger partial charge in [0, 0.05) is 64.1 Å². The summed E-state index contributed by atoms with van der Waals surface area (Å²) < 4.78 is 9.16. The summed E-state index contributed by atoms with van der Waals surface area (Å²) in [5, 5.41) is 0. The highest BCUT2D eigenvalue weighted by Crippen LogP contribution is 2.21. The monoisotopic (exact) mass is 475 g/mol. The molecule has 1 aliphatic rings. The highest BCUT2D eigenvalue weighted by Gasteiger charge is 2.20. The molecule has 0 bridgehead atoms. The number of imidazole rings is 1. The summed E-state index contributed by atoms with van der Waals surface area (Å²) in [4.78, 5) is 32.0. The zero-order chi connectivity index (χ0) is 24.4. The number of rotatable bonds is 8. The summed E-state index contributed by atoms with van der Waals surface area (Å²) in [5.41, 5.74) is 4.20. The maximum absolute atomic E-state index is 13.6. The topological polar surface area (TPSA) is 80.8 Å². The SMILES string of the molecule is CCc1nc(C)c2c(=O)n(CCCN3CCN(Cc4ccncc4)CC3)c3ccc(OC)nc3n12. The minimum absolute atomic E-state index is 0.00339. The molecule has 0 amide bonds. The van der Waals surface area contributed by atoms with Crippen LogP contribution in [0.5, 0.6) is 5.88 Å². The van der Waals surface area contributed by atoms with Crippen molar-refractivity contribution in [3.63, 3.8) is 0 Å². The minimum atomic E-state index is -0.00339. The Kier molecular flexibility index (Phi) is 6.79. The van der Waals surface area contributed by atoms with Crippen LogP contribution in [0, 0.1) is 6.92 Å². The van der Waals surface area contributed by atoms with Crippen LogP contribution in [0.15, 0.2) is 41.5 Å². The minimum Gasteiger partial charge on any atom is -0.481 e. The van der Waals surface area contributed by atoms with Gasteiger partial charge in [0.05, 0.1) is 18.3 Å². The molecule has 0 atom stereocenters. The van der Waals surface area contributed by atoms with Crippen molar-refractivity contribution in [3.8, 4) is 5.88 Å². The van der Waals surface area contributed by atoms with Crippen LogP contribution in [0.25, 0.3) is 16.7 Å². The first kappa shape index (κ1) is 23.4. The van der Waals surface area contributed by atoms with E-state index in [1.807, 2.05) is 47.3 Å².